The number of carbonyl (C=O) groups is 1. The zero-order valence-electron chi connectivity index (χ0n) is 15.8. The molecule has 1 saturated heterocycles. The Hall–Kier alpha value is -2.41. The molecule has 2 N–H and O–H groups in total. The Bertz CT molecular complexity index is 811. The third kappa shape index (κ3) is 4.13. The van der Waals surface area contributed by atoms with Gasteiger partial charge in [-0.25, -0.2) is 0 Å². The second-order valence-electron chi connectivity index (χ2n) is 7.51. The Labute approximate surface area is 159 Å². The molecule has 4 rings (SSSR count). The van der Waals surface area contributed by atoms with E-state index in [9.17, 15) is 4.79 Å². The minimum Gasteiger partial charge on any atom is -0.496 e. The van der Waals surface area contributed by atoms with Crippen molar-refractivity contribution < 1.29 is 9.53 Å². The fourth-order valence-electron chi connectivity index (χ4n) is 4.08. The normalized spacial score (nSPS) is 18.9. The Morgan fingerprint density at radius 2 is 2.19 bits per heavy atom. The van der Waals surface area contributed by atoms with Crippen molar-refractivity contribution in [2.45, 2.75) is 45.2 Å². The molecule has 1 aliphatic heterocycles. The molecule has 1 aromatic carbocycles. The highest BCUT2D eigenvalue weighted by molar-refractivity contribution is 5.91. The van der Waals surface area contributed by atoms with Crippen molar-refractivity contribution in [3.8, 4) is 5.75 Å². The molecule has 2 aliphatic rings. The minimum atomic E-state index is -0.203. The van der Waals surface area contributed by atoms with Crippen molar-refractivity contribution in [1.29, 1.82) is 0 Å². The molecule has 7 heteroatoms. The van der Waals surface area contributed by atoms with Gasteiger partial charge in [0, 0.05) is 18.7 Å². The van der Waals surface area contributed by atoms with Crippen molar-refractivity contribution in [2.24, 2.45) is 5.92 Å². The van der Waals surface area contributed by atoms with E-state index in [0.717, 1.165) is 43.8 Å². The quantitative estimate of drug-likeness (QED) is 0.810. The number of piperidine rings is 1. The van der Waals surface area contributed by atoms with Gasteiger partial charge in [0.2, 0.25) is 0 Å². The lowest BCUT2D eigenvalue weighted by atomic mass is 10.00. The van der Waals surface area contributed by atoms with Crippen LogP contribution in [-0.2, 0) is 25.9 Å². The van der Waals surface area contributed by atoms with Crippen LogP contribution in [0.25, 0.3) is 0 Å². The number of nitrogens with one attached hydrogen (secondary N) is 2. The number of hydrogen-bond acceptors (Lipinski definition) is 5. The number of amides is 1. The first-order valence-electron chi connectivity index (χ1n) is 9.80. The fraction of sp³-hybridized carbons (Fsp3) is 0.550. The van der Waals surface area contributed by atoms with E-state index in [4.69, 9.17) is 4.74 Å². The molecule has 1 aromatic heterocycles. The Kier molecular flexibility index (Phi) is 5.38. The summed E-state index contributed by atoms with van der Waals surface area (Å²) in [7, 11) is 1.67. The van der Waals surface area contributed by atoms with Gasteiger partial charge in [0.05, 0.1) is 13.3 Å². The number of fused-ring (bicyclic) bond motifs is 1. The van der Waals surface area contributed by atoms with Crippen LogP contribution in [0.2, 0.25) is 0 Å². The molecule has 2 aromatic rings. The van der Waals surface area contributed by atoms with Gasteiger partial charge in [0.25, 0.3) is 5.91 Å². The van der Waals surface area contributed by atoms with Gasteiger partial charge in [-0.15, -0.1) is 5.10 Å². The van der Waals surface area contributed by atoms with E-state index in [2.05, 4.69) is 33.1 Å². The summed E-state index contributed by atoms with van der Waals surface area (Å²) in [5.41, 5.74) is 4.10. The van der Waals surface area contributed by atoms with Crippen LogP contribution < -0.4 is 15.4 Å². The van der Waals surface area contributed by atoms with E-state index >= 15 is 0 Å². The average Bonchev–Trinajstić information content (AvgIpc) is 3.35. The minimum absolute atomic E-state index is 0.203. The van der Waals surface area contributed by atoms with Crippen LogP contribution in [0.5, 0.6) is 5.75 Å². The van der Waals surface area contributed by atoms with Crippen molar-refractivity contribution in [2.75, 3.05) is 20.2 Å². The molecule has 1 unspecified atom stereocenters. The zero-order valence-corrected chi connectivity index (χ0v) is 15.8. The van der Waals surface area contributed by atoms with Crippen molar-refractivity contribution in [1.82, 2.24) is 25.6 Å². The number of hydrogen-bond donors (Lipinski definition) is 2. The second kappa shape index (κ2) is 8.08. The van der Waals surface area contributed by atoms with Crippen molar-refractivity contribution in [3.05, 3.63) is 40.7 Å². The van der Waals surface area contributed by atoms with E-state index in [1.165, 1.54) is 30.4 Å². The van der Waals surface area contributed by atoms with Crippen LogP contribution in [0, 0.1) is 5.92 Å². The number of ether oxygens (including phenoxy) is 1. The van der Waals surface area contributed by atoms with Gasteiger partial charge in [0.1, 0.15) is 5.75 Å². The number of carbonyl (C=O) groups excluding carboxylic acids is 1. The molecule has 0 bridgehead atoms. The van der Waals surface area contributed by atoms with Crippen LogP contribution in [0.15, 0.2) is 18.3 Å². The number of aromatic nitrogens is 3. The molecule has 1 fully saturated rings. The Morgan fingerprint density at radius 3 is 2.96 bits per heavy atom. The van der Waals surface area contributed by atoms with Crippen LogP contribution in [0.3, 0.4) is 0 Å². The standard InChI is InChI=1S/C20H27N5O2/c1-27-19-9-16-6-2-5-15(16)8-17(19)11-22-20(26)18-13-25(24-23-18)12-14-4-3-7-21-10-14/h8-9,13-14,21H,2-7,10-12H2,1H3,(H,22,26). The summed E-state index contributed by atoms with van der Waals surface area (Å²) in [6.07, 6.45) is 7.52. The Balaban J connectivity index is 1.37. The second-order valence-corrected chi connectivity index (χ2v) is 7.51. The number of nitrogens with zero attached hydrogens (tertiary/aromatic N) is 3. The van der Waals surface area contributed by atoms with E-state index in [-0.39, 0.29) is 5.91 Å². The molecular formula is C20H27N5O2. The topological polar surface area (TPSA) is 81.1 Å². The predicted octanol–water partition coefficient (Wildman–Crippen LogP) is 1.70. The largest absolute Gasteiger partial charge is 0.496 e. The molecule has 2 heterocycles. The molecular weight excluding hydrogens is 342 g/mol. The van der Waals surface area contributed by atoms with Gasteiger partial charge in [0.15, 0.2) is 5.69 Å². The van der Waals surface area contributed by atoms with Gasteiger partial charge < -0.3 is 15.4 Å². The zero-order chi connectivity index (χ0) is 18.6. The van der Waals surface area contributed by atoms with Gasteiger partial charge >= 0.3 is 0 Å². The van der Waals surface area contributed by atoms with Crippen LogP contribution >= 0.6 is 0 Å². The van der Waals surface area contributed by atoms with Gasteiger partial charge in [-0.1, -0.05) is 11.3 Å². The number of aryl methyl sites for hydroxylation is 2. The monoisotopic (exact) mass is 369 g/mol. The third-order valence-electron chi connectivity index (χ3n) is 5.55. The van der Waals surface area contributed by atoms with Crippen LogP contribution in [0.1, 0.15) is 46.4 Å². The molecule has 27 heavy (non-hydrogen) atoms. The fourth-order valence-corrected chi connectivity index (χ4v) is 4.08. The molecule has 0 saturated carbocycles. The van der Waals surface area contributed by atoms with Gasteiger partial charge in [-0.2, -0.15) is 0 Å². The van der Waals surface area contributed by atoms with E-state index in [1.54, 1.807) is 18.0 Å². The summed E-state index contributed by atoms with van der Waals surface area (Å²) in [6.45, 7) is 3.31. The lowest BCUT2D eigenvalue weighted by Gasteiger charge is -2.22. The first-order valence-corrected chi connectivity index (χ1v) is 9.80. The molecule has 7 nitrogen and oxygen atoms in total. The number of methoxy groups -OCH3 is 1. The lowest BCUT2D eigenvalue weighted by molar-refractivity contribution is 0.0945. The van der Waals surface area contributed by atoms with E-state index in [1.807, 2.05) is 0 Å². The van der Waals surface area contributed by atoms with Crippen molar-refractivity contribution >= 4 is 5.91 Å². The molecule has 1 aliphatic carbocycles. The average molecular weight is 369 g/mol. The SMILES string of the molecule is COc1cc2c(cc1CNC(=O)c1cn(CC3CCCNC3)nn1)CCC2. The predicted molar refractivity (Wildman–Crippen MR) is 102 cm³/mol. The summed E-state index contributed by atoms with van der Waals surface area (Å²) < 4.78 is 7.29. The van der Waals surface area contributed by atoms with E-state index < -0.39 is 0 Å². The van der Waals surface area contributed by atoms with E-state index in [0.29, 0.717) is 18.2 Å². The summed E-state index contributed by atoms with van der Waals surface area (Å²) in [4.78, 5) is 12.5. The lowest BCUT2D eigenvalue weighted by Crippen LogP contribution is -2.32. The maximum Gasteiger partial charge on any atom is 0.273 e. The maximum atomic E-state index is 12.5. The molecule has 0 spiro atoms. The summed E-state index contributed by atoms with van der Waals surface area (Å²) >= 11 is 0. The molecule has 1 atom stereocenters. The van der Waals surface area contributed by atoms with Gasteiger partial charge in [-0.3, -0.25) is 9.48 Å². The van der Waals surface area contributed by atoms with Crippen LogP contribution in [0.4, 0.5) is 0 Å². The first kappa shape index (κ1) is 18.0. The van der Waals surface area contributed by atoms with Gasteiger partial charge in [-0.05, 0) is 68.3 Å². The maximum absolute atomic E-state index is 12.5. The molecule has 0 radical (unpaired) electrons. The molecule has 144 valence electrons. The highest BCUT2D eigenvalue weighted by atomic mass is 16.5. The third-order valence-corrected chi connectivity index (χ3v) is 5.55. The van der Waals surface area contributed by atoms with Crippen LogP contribution in [-0.4, -0.2) is 41.1 Å². The Morgan fingerprint density at radius 1 is 1.33 bits per heavy atom. The van der Waals surface area contributed by atoms with Crippen molar-refractivity contribution in [3.63, 3.8) is 0 Å². The smallest absolute Gasteiger partial charge is 0.273 e. The highest BCUT2D eigenvalue weighted by Gasteiger charge is 2.18. The first-order chi connectivity index (χ1) is 13.2. The summed E-state index contributed by atoms with van der Waals surface area (Å²) in [5, 5.41) is 14.5. The molecule has 1 amide bonds. The highest BCUT2D eigenvalue weighted by Crippen LogP contribution is 2.29. The number of benzene rings is 1. The summed E-state index contributed by atoms with van der Waals surface area (Å²) in [6, 6.07) is 4.27. The summed E-state index contributed by atoms with van der Waals surface area (Å²) in [5.74, 6) is 1.18. The number of rotatable bonds is 6.